The second kappa shape index (κ2) is 12.8. The topological polar surface area (TPSA) is 101 Å². The molecule has 1 saturated carbocycles. The van der Waals surface area contributed by atoms with E-state index in [0.29, 0.717) is 34.4 Å². The van der Waals surface area contributed by atoms with E-state index >= 15 is 4.39 Å². The van der Waals surface area contributed by atoms with E-state index < -0.39 is 24.2 Å². The number of amides is 2. The highest BCUT2D eigenvalue weighted by molar-refractivity contribution is 7.11. The van der Waals surface area contributed by atoms with E-state index in [1.165, 1.54) is 7.11 Å². The van der Waals surface area contributed by atoms with Crippen molar-refractivity contribution in [2.75, 3.05) is 13.7 Å². The number of H-pyrrole nitrogens is 1. The fourth-order valence-electron chi connectivity index (χ4n) is 7.49. The minimum atomic E-state index is -0.715. The van der Waals surface area contributed by atoms with E-state index in [-0.39, 0.29) is 17.9 Å². The van der Waals surface area contributed by atoms with Crippen molar-refractivity contribution in [1.82, 2.24) is 24.8 Å². The van der Waals surface area contributed by atoms with Gasteiger partial charge in [-0.15, -0.1) is 11.3 Å². The van der Waals surface area contributed by atoms with Crippen molar-refractivity contribution in [2.45, 2.75) is 77.1 Å². The van der Waals surface area contributed by atoms with Crippen LogP contribution in [0.1, 0.15) is 85.8 Å². The van der Waals surface area contributed by atoms with Gasteiger partial charge in [-0.1, -0.05) is 32.4 Å². The van der Waals surface area contributed by atoms with Crippen molar-refractivity contribution in [3.63, 3.8) is 0 Å². The van der Waals surface area contributed by atoms with Crippen LogP contribution >= 0.6 is 22.9 Å². The van der Waals surface area contributed by atoms with Crippen LogP contribution in [-0.4, -0.2) is 51.1 Å². The lowest BCUT2D eigenvalue weighted by Crippen LogP contribution is -2.51. The van der Waals surface area contributed by atoms with Crippen LogP contribution < -0.4 is 10.1 Å². The zero-order chi connectivity index (χ0) is 34.8. The maximum absolute atomic E-state index is 16.5. The Kier molecular flexibility index (Phi) is 8.38. The molecule has 2 aliphatic heterocycles. The van der Waals surface area contributed by atoms with E-state index in [1.54, 1.807) is 17.4 Å². The number of nitrogens with zero attached hydrogens (tertiary/aromatic N) is 3. The monoisotopic (exact) mass is 715 g/mol. The summed E-state index contributed by atoms with van der Waals surface area (Å²) in [5.41, 5.74) is 5.41. The summed E-state index contributed by atoms with van der Waals surface area (Å²) in [6.45, 7) is 6.46. The quantitative estimate of drug-likeness (QED) is 0.167. The van der Waals surface area contributed by atoms with Crippen molar-refractivity contribution in [2.24, 2.45) is 5.92 Å². The molecule has 3 atom stereocenters. The van der Waals surface area contributed by atoms with Gasteiger partial charge in [0.05, 0.1) is 39.8 Å². The van der Waals surface area contributed by atoms with Gasteiger partial charge in [0, 0.05) is 46.0 Å². The predicted octanol–water partition coefficient (Wildman–Crippen LogP) is 8.98. The molecular weight excluding hydrogens is 677 g/mol. The minimum Gasteiger partial charge on any atom is -0.464 e. The fraction of sp³-hybridized carbons (Fsp3) is 0.395. The number of hydrogen-bond acceptors (Lipinski definition) is 6. The van der Waals surface area contributed by atoms with Crippen LogP contribution in [0.2, 0.25) is 5.02 Å². The van der Waals surface area contributed by atoms with Crippen molar-refractivity contribution >= 4 is 45.8 Å². The Morgan fingerprint density at radius 3 is 2.74 bits per heavy atom. The number of hydrogen-bond donors (Lipinski definition) is 2. The maximum Gasteiger partial charge on any atom is 0.407 e. The maximum atomic E-state index is 16.5. The number of carbonyl (C=O) groups is 2. The SMILES string of the molecule is CCc1cc(-c2cc(F)c3c(c2)OC(c2cnc(C4CC4)s2)n2c-3cc3cc(Cl)ccc32)[nH]c1C1CCCN1C(=O)C(NC(=O)OC)C(C)C. The summed E-state index contributed by atoms with van der Waals surface area (Å²) in [6.07, 6.45) is 5.37. The molecule has 3 unspecified atom stereocenters. The second-order valence-corrected chi connectivity index (χ2v) is 15.3. The van der Waals surface area contributed by atoms with Gasteiger partial charge in [0.2, 0.25) is 12.1 Å². The first kappa shape index (κ1) is 32.8. The largest absolute Gasteiger partial charge is 0.464 e. The standard InChI is InChI=1S/C38H39ClFN5O4S/c1-5-20-15-26(42-34(20)28-7-6-12-44(28)36(46)33(19(2)3)43-38(47)48-4)22-14-25(40)32-29-16-23-13-24(39)10-11-27(23)45(29)37(49-30(32)17-22)31-18-41-35(50-31)21-8-9-21/h10-11,13-19,21,28,33,37,42H,5-9,12H2,1-4H3,(H,43,47). The van der Waals surface area contributed by atoms with Crippen LogP contribution in [0.15, 0.2) is 48.7 Å². The first-order chi connectivity index (χ1) is 24.1. The zero-order valence-corrected chi connectivity index (χ0v) is 30.0. The van der Waals surface area contributed by atoms with Crippen LogP contribution in [0.4, 0.5) is 9.18 Å². The zero-order valence-electron chi connectivity index (χ0n) is 28.4. The molecule has 0 bridgehead atoms. The highest BCUT2D eigenvalue weighted by Gasteiger charge is 2.39. The number of methoxy groups -OCH3 is 1. The van der Waals surface area contributed by atoms with Crippen LogP contribution in [0.3, 0.4) is 0 Å². The summed E-state index contributed by atoms with van der Waals surface area (Å²) in [7, 11) is 1.29. The number of fused-ring (bicyclic) bond motifs is 5. The first-order valence-corrected chi connectivity index (χ1v) is 18.5. The second-order valence-electron chi connectivity index (χ2n) is 13.8. The molecule has 1 saturated heterocycles. The molecule has 1 aliphatic carbocycles. The summed E-state index contributed by atoms with van der Waals surface area (Å²) >= 11 is 8.04. The first-order valence-electron chi connectivity index (χ1n) is 17.3. The molecule has 0 spiro atoms. The summed E-state index contributed by atoms with van der Waals surface area (Å²) in [6, 6.07) is 12.3. The molecule has 3 aromatic heterocycles. The Bertz CT molecular complexity index is 2130. The van der Waals surface area contributed by atoms with E-state index in [2.05, 4.69) is 23.3 Å². The lowest BCUT2D eigenvalue weighted by molar-refractivity contribution is -0.135. The average molecular weight is 716 g/mol. The number of ether oxygens (including phenoxy) is 2. The van der Waals surface area contributed by atoms with Crippen LogP contribution in [0, 0.1) is 11.7 Å². The van der Waals surface area contributed by atoms with Crippen molar-refractivity contribution in [3.8, 4) is 28.3 Å². The number of aryl methyl sites for hydroxylation is 1. The van der Waals surface area contributed by atoms with Gasteiger partial charge in [-0.05, 0) is 86.1 Å². The number of likely N-dealkylation sites (tertiary alicyclic amines) is 1. The summed E-state index contributed by atoms with van der Waals surface area (Å²) in [5, 5.41) is 5.35. The minimum absolute atomic E-state index is 0.129. The van der Waals surface area contributed by atoms with Gasteiger partial charge >= 0.3 is 6.09 Å². The van der Waals surface area contributed by atoms with Gasteiger partial charge in [-0.25, -0.2) is 14.2 Å². The normalized spacial score (nSPS) is 19.0. The Labute approximate surface area is 298 Å². The molecule has 12 heteroatoms. The van der Waals surface area contributed by atoms with Crippen LogP contribution in [-0.2, 0) is 16.0 Å². The van der Waals surface area contributed by atoms with Gasteiger partial charge < -0.3 is 24.7 Å². The third-order valence-corrected chi connectivity index (χ3v) is 11.6. The number of benzene rings is 2. The van der Waals surface area contributed by atoms with E-state index in [4.69, 9.17) is 26.1 Å². The molecule has 5 heterocycles. The van der Waals surface area contributed by atoms with Crippen LogP contribution in [0.5, 0.6) is 5.75 Å². The summed E-state index contributed by atoms with van der Waals surface area (Å²) in [4.78, 5) is 37.1. The number of halogens is 2. The Hall–Kier alpha value is -4.35. The third kappa shape index (κ3) is 5.64. The summed E-state index contributed by atoms with van der Waals surface area (Å²) in [5.74, 6) is 0.295. The number of alkyl carbamates (subject to hydrolysis) is 1. The van der Waals surface area contributed by atoms with Crippen molar-refractivity contribution in [1.29, 1.82) is 0 Å². The number of carbonyl (C=O) groups excluding carboxylic acids is 2. The molecule has 50 heavy (non-hydrogen) atoms. The lowest BCUT2D eigenvalue weighted by atomic mass is 10.0. The van der Waals surface area contributed by atoms with E-state index in [0.717, 1.165) is 75.5 Å². The van der Waals surface area contributed by atoms with Crippen molar-refractivity contribution < 1.29 is 23.5 Å². The van der Waals surface area contributed by atoms with Gasteiger partial charge in [0.25, 0.3) is 0 Å². The molecule has 8 rings (SSSR count). The molecule has 2 aromatic carbocycles. The summed E-state index contributed by atoms with van der Waals surface area (Å²) < 4.78 is 30.1. The van der Waals surface area contributed by atoms with Gasteiger partial charge in [-0.2, -0.15) is 0 Å². The molecule has 2 N–H and O–H groups in total. The predicted molar refractivity (Wildman–Crippen MR) is 192 cm³/mol. The van der Waals surface area contributed by atoms with E-state index in [9.17, 15) is 9.59 Å². The third-order valence-electron chi connectivity index (χ3n) is 10.2. The Morgan fingerprint density at radius 2 is 2.00 bits per heavy atom. The molecule has 2 amide bonds. The molecular formula is C38H39ClFN5O4S. The molecule has 0 radical (unpaired) electrons. The van der Waals surface area contributed by atoms with E-state index in [1.807, 2.05) is 59.8 Å². The number of nitrogens with one attached hydrogen (secondary N) is 2. The van der Waals surface area contributed by atoms with Crippen molar-refractivity contribution in [3.05, 3.63) is 80.6 Å². The van der Waals surface area contributed by atoms with Gasteiger partial charge in [0.1, 0.15) is 17.6 Å². The molecule has 260 valence electrons. The number of thiazole rings is 1. The molecule has 2 fully saturated rings. The van der Waals surface area contributed by atoms with Gasteiger partial charge in [-0.3, -0.25) is 9.36 Å². The Balaban J connectivity index is 1.18. The number of aromatic nitrogens is 3. The smallest absolute Gasteiger partial charge is 0.407 e. The number of aromatic amines is 1. The highest BCUT2D eigenvalue weighted by Crippen LogP contribution is 2.49. The number of rotatable bonds is 8. The lowest BCUT2D eigenvalue weighted by Gasteiger charge is -2.31. The Morgan fingerprint density at radius 1 is 1.18 bits per heavy atom. The van der Waals surface area contributed by atoms with Gasteiger partial charge in [0.15, 0.2) is 0 Å². The highest BCUT2D eigenvalue weighted by atomic mass is 35.5. The van der Waals surface area contributed by atoms with Crippen LogP contribution in [0.25, 0.3) is 33.4 Å². The fourth-order valence-corrected chi connectivity index (χ4v) is 8.78. The molecule has 9 nitrogen and oxygen atoms in total. The average Bonchev–Trinajstić information content (AvgIpc) is 3.47. The molecule has 3 aliphatic rings. The molecule has 5 aromatic rings.